The van der Waals surface area contributed by atoms with E-state index in [-0.39, 0.29) is 5.56 Å². The van der Waals surface area contributed by atoms with Gasteiger partial charge in [-0.25, -0.2) is 4.98 Å². The molecule has 0 spiro atoms. The second kappa shape index (κ2) is 7.93. The van der Waals surface area contributed by atoms with Crippen LogP contribution in [0.25, 0.3) is 21.3 Å². The molecule has 0 amide bonds. The van der Waals surface area contributed by atoms with Gasteiger partial charge in [0.25, 0.3) is 5.56 Å². The third-order valence-corrected chi connectivity index (χ3v) is 6.47. The lowest BCUT2D eigenvalue weighted by molar-refractivity contribution is 0.166. The van der Waals surface area contributed by atoms with Crippen LogP contribution in [-0.4, -0.2) is 48.3 Å². The highest BCUT2D eigenvalue weighted by Crippen LogP contribution is 2.36. The molecule has 28 heavy (non-hydrogen) atoms. The number of hydrogen-bond acceptors (Lipinski definition) is 6. The number of rotatable bonds is 5. The minimum atomic E-state index is 0.0232. The van der Waals surface area contributed by atoms with Crippen molar-refractivity contribution in [2.75, 3.05) is 27.8 Å². The Kier molecular flexibility index (Phi) is 5.37. The van der Waals surface area contributed by atoms with Crippen molar-refractivity contribution in [3.63, 3.8) is 0 Å². The Bertz CT molecular complexity index is 1040. The Balaban J connectivity index is 1.76. The number of methoxy groups -OCH3 is 2. The zero-order valence-electron chi connectivity index (χ0n) is 16.5. The molecule has 1 atom stereocenters. The van der Waals surface area contributed by atoms with Gasteiger partial charge in [-0.15, -0.1) is 11.3 Å². The molecule has 1 aliphatic heterocycles. The van der Waals surface area contributed by atoms with Gasteiger partial charge in [0.2, 0.25) is 0 Å². The standard InChI is InChI=1S/C21H25N3O3S/c1-23-9-5-4-6-15(23)11-24-13-22-20-19(21(24)25)16(12-28-20)14-7-8-17(26-2)18(10-14)27-3/h7-8,10,12-13,15H,4-6,9,11H2,1-3H3. The maximum Gasteiger partial charge on any atom is 0.262 e. The van der Waals surface area contributed by atoms with Crippen LogP contribution in [0, 0.1) is 0 Å². The average Bonchev–Trinajstić information content (AvgIpc) is 3.16. The highest BCUT2D eigenvalue weighted by atomic mass is 32.1. The van der Waals surface area contributed by atoms with Crippen molar-refractivity contribution in [1.29, 1.82) is 0 Å². The van der Waals surface area contributed by atoms with Crippen molar-refractivity contribution in [2.45, 2.75) is 31.8 Å². The number of ether oxygens (including phenoxy) is 2. The maximum atomic E-state index is 13.3. The molecule has 148 valence electrons. The SMILES string of the molecule is COc1ccc(-c2csc3ncn(CC4CCCCN4C)c(=O)c23)cc1OC. The van der Waals surface area contributed by atoms with Crippen LogP contribution in [0.2, 0.25) is 0 Å². The molecule has 0 bridgehead atoms. The monoisotopic (exact) mass is 399 g/mol. The van der Waals surface area contributed by atoms with Gasteiger partial charge in [0, 0.05) is 23.5 Å². The molecule has 1 unspecified atom stereocenters. The number of piperidine rings is 1. The first-order valence-corrected chi connectivity index (χ1v) is 10.4. The number of nitrogens with zero attached hydrogens (tertiary/aromatic N) is 3. The van der Waals surface area contributed by atoms with Crippen LogP contribution in [0.1, 0.15) is 19.3 Å². The molecule has 7 heteroatoms. The van der Waals surface area contributed by atoms with Crippen LogP contribution in [0.5, 0.6) is 11.5 Å². The molecule has 1 fully saturated rings. The first kappa shape index (κ1) is 19.0. The summed E-state index contributed by atoms with van der Waals surface area (Å²) in [5.41, 5.74) is 1.84. The van der Waals surface area contributed by atoms with E-state index in [0.717, 1.165) is 28.9 Å². The normalized spacial score (nSPS) is 17.8. The first-order chi connectivity index (χ1) is 13.6. The number of likely N-dealkylation sites (N-methyl/N-ethyl adjacent to an activating group) is 1. The third-order valence-electron chi connectivity index (χ3n) is 5.58. The first-order valence-electron chi connectivity index (χ1n) is 9.51. The fourth-order valence-electron chi connectivity index (χ4n) is 3.92. The Hall–Kier alpha value is -2.38. The average molecular weight is 400 g/mol. The molecule has 3 heterocycles. The number of fused-ring (bicyclic) bond motifs is 1. The van der Waals surface area contributed by atoms with E-state index in [1.165, 1.54) is 24.2 Å². The molecule has 0 N–H and O–H groups in total. The molecule has 0 aliphatic carbocycles. The van der Waals surface area contributed by atoms with Crippen molar-refractivity contribution >= 4 is 21.6 Å². The molecule has 1 saturated heterocycles. The molecule has 3 aromatic rings. The van der Waals surface area contributed by atoms with Gasteiger partial charge in [-0.3, -0.25) is 9.36 Å². The van der Waals surface area contributed by atoms with Crippen molar-refractivity contribution < 1.29 is 9.47 Å². The van der Waals surface area contributed by atoms with Gasteiger partial charge < -0.3 is 14.4 Å². The minimum Gasteiger partial charge on any atom is -0.493 e. The quantitative estimate of drug-likeness (QED) is 0.656. The third kappa shape index (κ3) is 3.40. The fourth-order valence-corrected chi connectivity index (χ4v) is 4.82. The molecule has 6 nitrogen and oxygen atoms in total. The van der Waals surface area contributed by atoms with Crippen molar-refractivity contribution in [1.82, 2.24) is 14.5 Å². The van der Waals surface area contributed by atoms with E-state index in [0.29, 0.717) is 29.5 Å². The number of aromatic nitrogens is 2. The number of thiophene rings is 1. The molecule has 0 radical (unpaired) electrons. The predicted octanol–water partition coefficient (Wildman–Crippen LogP) is 3.63. The molecular formula is C21H25N3O3S. The molecule has 1 aromatic carbocycles. The minimum absolute atomic E-state index is 0.0232. The van der Waals surface area contributed by atoms with Gasteiger partial charge in [-0.05, 0) is 44.1 Å². The van der Waals surface area contributed by atoms with Crippen LogP contribution < -0.4 is 15.0 Å². The highest BCUT2D eigenvalue weighted by Gasteiger charge is 2.21. The van der Waals surface area contributed by atoms with E-state index in [9.17, 15) is 4.79 Å². The van der Waals surface area contributed by atoms with Crippen LogP contribution in [0.15, 0.2) is 34.7 Å². The highest BCUT2D eigenvalue weighted by molar-refractivity contribution is 7.17. The van der Waals surface area contributed by atoms with E-state index in [4.69, 9.17) is 9.47 Å². The summed E-state index contributed by atoms with van der Waals surface area (Å²) in [6.07, 6.45) is 5.26. The fraction of sp³-hybridized carbons (Fsp3) is 0.429. The molecular weight excluding hydrogens is 374 g/mol. The second-order valence-corrected chi connectivity index (χ2v) is 8.09. The Morgan fingerprint density at radius 2 is 2.04 bits per heavy atom. The van der Waals surface area contributed by atoms with E-state index in [2.05, 4.69) is 16.9 Å². The van der Waals surface area contributed by atoms with Gasteiger partial charge in [0.1, 0.15) is 4.83 Å². The second-order valence-electron chi connectivity index (χ2n) is 7.23. The van der Waals surface area contributed by atoms with Gasteiger partial charge in [-0.2, -0.15) is 0 Å². The lowest BCUT2D eigenvalue weighted by Gasteiger charge is -2.32. The summed E-state index contributed by atoms with van der Waals surface area (Å²) < 4.78 is 12.5. The number of hydrogen-bond donors (Lipinski definition) is 0. The zero-order valence-corrected chi connectivity index (χ0v) is 17.3. The lowest BCUT2D eigenvalue weighted by atomic mass is 10.0. The van der Waals surface area contributed by atoms with Gasteiger partial charge in [-0.1, -0.05) is 12.5 Å². The Labute approximate surface area is 168 Å². The summed E-state index contributed by atoms with van der Waals surface area (Å²) in [6, 6.07) is 6.11. The number of benzene rings is 1. The maximum absolute atomic E-state index is 13.3. The van der Waals surface area contributed by atoms with Gasteiger partial charge in [0.05, 0.1) is 25.9 Å². The summed E-state index contributed by atoms with van der Waals surface area (Å²) in [5.74, 6) is 1.31. The summed E-state index contributed by atoms with van der Waals surface area (Å²) >= 11 is 1.49. The number of likely N-dealkylation sites (tertiary alicyclic amines) is 1. The Morgan fingerprint density at radius 3 is 2.79 bits per heavy atom. The van der Waals surface area contributed by atoms with Crippen molar-refractivity contribution in [3.8, 4) is 22.6 Å². The van der Waals surface area contributed by atoms with Crippen molar-refractivity contribution in [2.24, 2.45) is 0 Å². The van der Waals surface area contributed by atoms with Crippen LogP contribution in [0.4, 0.5) is 0 Å². The summed E-state index contributed by atoms with van der Waals surface area (Å²) in [7, 11) is 5.37. The zero-order chi connectivity index (χ0) is 19.7. The van der Waals surface area contributed by atoms with Gasteiger partial charge >= 0.3 is 0 Å². The molecule has 2 aromatic heterocycles. The largest absolute Gasteiger partial charge is 0.493 e. The smallest absolute Gasteiger partial charge is 0.262 e. The molecule has 4 rings (SSSR count). The van der Waals surface area contributed by atoms with E-state index >= 15 is 0 Å². The van der Waals surface area contributed by atoms with E-state index in [1.54, 1.807) is 25.1 Å². The van der Waals surface area contributed by atoms with Crippen LogP contribution in [0.3, 0.4) is 0 Å². The summed E-state index contributed by atoms with van der Waals surface area (Å²) in [5, 5.41) is 2.68. The van der Waals surface area contributed by atoms with Crippen molar-refractivity contribution in [3.05, 3.63) is 40.3 Å². The molecule has 1 aliphatic rings. The predicted molar refractivity (Wildman–Crippen MR) is 113 cm³/mol. The topological polar surface area (TPSA) is 56.6 Å². The molecule has 0 saturated carbocycles. The lowest BCUT2D eigenvalue weighted by Crippen LogP contribution is -2.41. The van der Waals surface area contributed by atoms with Crippen LogP contribution >= 0.6 is 11.3 Å². The van der Waals surface area contributed by atoms with E-state index < -0.39 is 0 Å². The van der Waals surface area contributed by atoms with E-state index in [1.807, 2.05) is 23.6 Å². The Morgan fingerprint density at radius 1 is 1.21 bits per heavy atom. The summed E-state index contributed by atoms with van der Waals surface area (Å²) in [4.78, 5) is 21.0. The van der Waals surface area contributed by atoms with Gasteiger partial charge in [0.15, 0.2) is 11.5 Å². The summed E-state index contributed by atoms with van der Waals surface area (Å²) in [6.45, 7) is 1.77. The van der Waals surface area contributed by atoms with Crippen LogP contribution in [-0.2, 0) is 6.54 Å².